The van der Waals surface area contributed by atoms with Crippen molar-refractivity contribution in [1.29, 1.82) is 0 Å². The third-order valence-corrected chi connectivity index (χ3v) is 2.65. The van der Waals surface area contributed by atoms with Gasteiger partial charge >= 0.3 is 0 Å². The summed E-state index contributed by atoms with van der Waals surface area (Å²) >= 11 is 0. The molecule has 0 unspecified atom stereocenters. The van der Waals surface area contributed by atoms with Crippen LogP contribution >= 0.6 is 0 Å². The van der Waals surface area contributed by atoms with E-state index in [1.807, 2.05) is 6.92 Å². The molecule has 1 fully saturated rings. The van der Waals surface area contributed by atoms with Crippen LogP contribution in [-0.4, -0.2) is 29.2 Å². The van der Waals surface area contributed by atoms with E-state index in [-0.39, 0.29) is 6.10 Å². The smallest absolute Gasteiger partial charge is 0.0986 e. The monoisotopic (exact) mass is 207 g/mol. The van der Waals surface area contributed by atoms with Crippen molar-refractivity contribution >= 4 is 0 Å². The number of aromatic nitrogens is 2. The van der Waals surface area contributed by atoms with Crippen molar-refractivity contribution in [2.45, 2.75) is 32.0 Å². The molecule has 4 heteroatoms. The molecule has 0 aliphatic carbocycles. The largest absolute Gasteiger partial charge is 0.368 e. The van der Waals surface area contributed by atoms with E-state index in [9.17, 15) is 0 Å². The Bertz CT molecular complexity index is 285. The molecule has 1 aliphatic rings. The number of rotatable bonds is 3. The second-order valence-corrected chi connectivity index (χ2v) is 3.88. The molecule has 2 rings (SSSR count). The van der Waals surface area contributed by atoms with E-state index in [0.717, 1.165) is 25.2 Å². The molecule has 0 aromatic carbocycles. The molecule has 2 heterocycles. The molecule has 4 nitrogen and oxygen atoms in total. The van der Waals surface area contributed by atoms with Gasteiger partial charge in [-0.25, -0.2) is 0 Å². The van der Waals surface area contributed by atoms with Crippen LogP contribution in [0, 0.1) is 0 Å². The van der Waals surface area contributed by atoms with Crippen LogP contribution in [0.3, 0.4) is 0 Å². The van der Waals surface area contributed by atoms with E-state index in [2.05, 4.69) is 15.3 Å². The zero-order valence-corrected chi connectivity index (χ0v) is 9.02. The normalized spacial score (nSPS) is 23.7. The maximum atomic E-state index is 5.91. The van der Waals surface area contributed by atoms with Gasteiger partial charge in [-0.1, -0.05) is 0 Å². The number of nitrogens with zero attached hydrogens (tertiary/aromatic N) is 2. The van der Waals surface area contributed by atoms with Gasteiger partial charge < -0.3 is 10.1 Å². The fourth-order valence-corrected chi connectivity index (χ4v) is 1.81. The van der Waals surface area contributed by atoms with Crippen molar-refractivity contribution in [2.75, 3.05) is 13.1 Å². The SMILES string of the molecule is C[C@H](O[C@H]1CCCNC1)c1cnccn1. The second kappa shape index (κ2) is 5.19. The summed E-state index contributed by atoms with van der Waals surface area (Å²) in [4.78, 5) is 8.28. The summed E-state index contributed by atoms with van der Waals surface area (Å²) in [5, 5.41) is 3.33. The molecule has 15 heavy (non-hydrogen) atoms. The lowest BCUT2D eigenvalue weighted by molar-refractivity contribution is -0.0171. The summed E-state index contributed by atoms with van der Waals surface area (Å²) in [7, 11) is 0. The minimum absolute atomic E-state index is 0.0311. The number of hydrogen-bond acceptors (Lipinski definition) is 4. The van der Waals surface area contributed by atoms with Gasteiger partial charge in [0.05, 0.1) is 24.1 Å². The predicted molar refractivity (Wildman–Crippen MR) is 57.4 cm³/mol. The summed E-state index contributed by atoms with van der Waals surface area (Å²) in [6, 6.07) is 0. The first-order chi connectivity index (χ1) is 7.36. The van der Waals surface area contributed by atoms with Crippen molar-refractivity contribution < 1.29 is 4.74 Å². The Labute approximate surface area is 90.1 Å². The van der Waals surface area contributed by atoms with Crippen LogP contribution in [0.1, 0.15) is 31.6 Å². The van der Waals surface area contributed by atoms with Gasteiger partial charge in [-0.05, 0) is 26.3 Å². The van der Waals surface area contributed by atoms with Crippen LogP contribution in [0.25, 0.3) is 0 Å². The summed E-state index contributed by atoms with van der Waals surface area (Å²) in [5.74, 6) is 0. The predicted octanol–water partition coefficient (Wildman–Crippen LogP) is 1.31. The Morgan fingerprint density at radius 3 is 3.13 bits per heavy atom. The number of ether oxygens (including phenoxy) is 1. The molecular formula is C11H17N3O. The van der Waals surface area contributed by atoms with E-state index in [0.29, 0.717) is 6.10 Å². The first-order valence-electron chi connectivity index (χ1n) is 5.48. The lowest BCUT2D eigenvalue weighted by atomic mass is 10.1. The third-order valence-electron chi connectivity index (χ3n) is 2.65. The molecule has 1 saturated heterocycles. The Hall–Kier alpha value is -1.00. The summed E-state index contributed by atoms with van der Waals surface area (Å²) in [5.41, 5.74) is 0.906. The van der Waals surface area contributed by atoms with E-state index < -0.39 is 0 Å². The number of piperidine rings is 1. The minimum Gasteiger partial charge on any atom is -0.368 e. The molecule has 0 amide bonds. The van der Waals surface area contributed by atoms with Gasteiger partial charge in [-0.15, -0.1) is 0 Å². The summed E-state index contributed by atoms with van der Waals surface area (Å²) in [6.45, 7) is 4.09. The third kappa shape index (κ3) is 2.97. The van der Waals surface area contributed by atoms with Crippen LogP contribution in [0.2, 0.25) is 0 Å². The maximum Gasteiger partial charge on any atom is 0.0986 e. The highest BCUT2D eigenvalue weighted by molar-refractivity contribution is 4.98. The Morgan fingerprint density at radius 1 is 1.53 bits per heavy atom. The summed E-state index contributed by atoms with van der Waals surface area (Å²) < 4.78 is 5.91. The highest BCUT2D eigenvalue weighted by Crippen LogP contribution is 2.18. The first-order valence-corrected chi connectivity index (χ1v) is 5.48. The molecule has 0 spiro atoms. The molecule has 1 aliphatic heterocycles. The van der Waals surface area contributed by atoms with Crippen molar-refractivity contribution in [3.05, 3.63) is 24.3 Å². The fraction of sp³-hybridized carbons (Fsp3) is 0.636. The molecule has 0 bridgehead atoms. The number of nitrogens with one attached hydrogen (secondary N) is 1. The minimum atomic E-state index is 0.0311. The van der Waals surface area contributed by atoms with Crippen LogP contribution in [0.15, 0.2) is 18.6 Å². The second-order valence-electron chi connectivity index (χ2n) is 3.88. The van der Waals surface area contributed by atoms with Crippen LogP contribution in [-0.2, 0) is 4.74 Å². The molecule has 1 aromatic heterocycles. The van der Waals surface area contributed by atoms with Gasteiger partial charge in [0.2, 0.25) is 0 Å². The fourth-order valence-electron chi connectivity index (χ4n) is 1.81. The molecule has 0 radical (unpaired) electrons. The molecular weight excluding hydrogens is 190 g/mol. The van der Waals surface area contributed by atoms with Gasteiger partial charge in [0, 0.05) is 18.9 Å². The maximum absolute atomic E-state index is 5.91. The average Bonchev–Trinajstić information content (AvgIpc) is 2.31. The van der Waals surface area contributed by atoms with E-state index in [4.69, 9.17) is 4.74 Å². The van der Waals surface area contributed by atoms with E-state index in [1.54, 1.807) is 18.6 Å². The average molecular weight is 207 g/mol. The molecule has 0 saturated carbocycles. The van der Waals surface area contributed by atoms with Gasteiger partial charge in [-0.2, -0.15) is 0 Å². The van der Waals surface area contributed by atoms with Crippen molar-refractivity contribution in [2.24, 2.45) is 0 Å². The molecule has 82 valence electrons. The zero-order chi connectivity index (χ0) is 10.5. The Morgan fingerprint density at radius 2 is 2.47 bits per heavy atom. The van der Waals surface area contributed by atoms with Crippen LogP contribution < -0.4 is 5.32 Å². The standard InChI is InChI=1S/C11H17N3O/c1-9(11-8-13-5-6-14-11)15-10-3-2-4-12-7-10/h5-6,8-10,12H,2-4,7H2,1H3/t9-,10-/m0/s1. The highest BCUT2D eigenvalue weighted by Gasteiger charge is 2.17. The lowest BCUT2D eigenvalue weighted by Crippen LogP contribution is -2.35. The van der Waals surface area contributed by atoms with Crippen LogP contribution in [0.5, 0.6) is 0 Å². The quantitative estimate of drug-likeness (QED) is 0.811. The topological polar surface area (TPSA) is 47.0 Å². The van der Waals surface area contributed by atoms with Gasteiger partial charge in [-0.3, -0.25) is 9.97 Å². The highest BCUT2D eigenvalue weighted by atomic mass is 16.5. The van der Waals surface area contributed by atoms with E-state index in [1.165, 1.54) is 6.42 Å². The van der Waals surface area contributed by atoms with Crippen LogP contribution in [0.4, 0.5) is 0 Å². The zero-order valence-electron chi connectivity index (χ0n) is 9.02. The van der Waals surface area contributed by atoms with Gasteiger partial charge in [0.15, 0.2) is 0 Å². The summed E-state index contributed by atoms with van der Waals surface area (Å²) in [6.07, 6.45) is 7.82. The van der Waals surface area contributed by atoms with Gasteiger partial charge in [0.1, 0.15) is 0 Å². The van der Waals surface area contributed by atoms with Crippen molar-refractivity contribution in [3.8, 4) is 0 Å². The molecule has 1 N–H and O–H groups in total. The Kier molecular flexibility index (Phi) is 3.64. The molecule has 1 aromatic rings. The Balaban J connectivity index is 1.88. The lowest BCUT2D eigenvalue weighted by Gasteiger charge is -2.26. The van der Waals surface area contributed by atoms with E-state index >= 15 is 0 Å². The number of hydrogen-bond donors (Lipinski definition) is 1. The van der Waals surface area contributed by atoms with Crippen molar-refractivity contribution in [1.82, 2.24) is 15.3 Å². The first kappa shape index (κ1) is 10.5. The van der Waals surface area contributed by atoms with Gasteiger partial charge in [0.25, 0.3) is 0 Å². The van der Waals surface area contributed by atoms with Crippen molar-refractivity contribution in [3.63, 3.8) is 0 Å². The molecule has 2 atom stereocenters.